The molecule has 148 valence electrons. The van der Waals surface area contributed by atoms with Gasteiger partial charge in [0.1, 0.15) is 6.04 Å². The van der Waals surface area contributed by atoms with Crippen LogP contribution >= 0.6 is 0 Å². The Kier molecular flexibility index (Phi) is 6.50. The fourth-order valence-electron chi connectivity index (χ4n) is 4.31. The maximum atomic E-state index is 13.5. The second-order valence-electron chi connectivity index (χ2n) is 7.92. The Labute approximate surface area is 167 Å². The van der Waals surface area contributed by atoms with E-state index in [1.165, 1.54) is 0 Å². The lowest BCUT2D eigenvalue weighted by Gasteiger charge is -2.38. The van der Waals surface area contributed by atoms with Crippen LogP contribution in [0.15, 0.2) is 48.5 Å². The molecule has 0 aromatic heterocycles. The lowest BCUT2D eigenvalue weighted by Crippen LogP contribution is -2.52. The SMILES string of the molecule is Cc1cc(C)cc(C(=O)N(C2CCCCC2)[C@@H](Cc2ccccc2)C(=O)O)c1. The van der Waals surface area contributed by atoms with Crippen molar-refractivity contribution in [3.8, 4) is 0 Å². The van der Waals surface area contributed by atoms with E-state index in [-0.39, 0.29) is 11.9 Å². The van der Waals surface area contributed by atoms with Crippen LogP contribution in [-0.2, 0) is 11.2 Å². The molecule has 3 rings (SSSR count). The summed E-state index contributed by atoms with van der Waals surface area (Å²) in [6.07, 6.45) is 5.30. The predicted molar refractivity (Wildman–Crippen MR) is 111 cm³/mol. The first kappa shape index (κ1) is 20.1. The molecular weight excluding hydrogens is 350 g/mol. The maximum Gasteiger partial charge on any atom is 0.326 e. The van der Waals surface area contributed by atoms with E-state index in [0.29, 0.717) is 12.0 Å². The van der Waals surface area contributed by atoms with E-state index in [2.05, 4.69) is 0 Å². The number of aliphatic carboxylic acids is 1. The topological polar surface area (TPSA) is 57.6 Å². The molecule has 1 saturated carbocycles. The lowest BCUT2D eigenvalue weighted by atomic mass is 9.91. The van der Waals surface area contributed by atoms with Gasteiger partial charge in [-0.1, -0.05) is 66.8 Å². The highest BCUT2D eigenvalue weighted by Gasteiger charge is 2.36. The Bertz CT molecular complexity index is 805. The minimum absolute atomic E-state index is 0.0214. The maximum absolute atomic E-state index is 13.5. The van der Waals surface area contributed by atoms with Crippen LogP contribution in [0.5, 0.6) is 0 Å². The molecule has 0 radical (unpaired) electrons. The number of rotatable bonds is 6. The molecule has 0 aliphatic heterocycles. The van der Waals surface area contributed by atoms with Gasteiger partial charge >= 0.3 is 5.97 Å². The van der Waals surface area contributed by atoms with Crippen LogP contribution in [0.4, 0.5) is 0 Å². The summed E-state index contributed by atoms with van der Waals surface area (Å²) in [4.78, 5) is 27.5. The summed E-state index contributed by atoms with van der Waals surface area (Å²) in [6.45, 7) is 3.93. The van der Waals surface area contributed by atoms with E-state index in [4.69, 9.17) is 0 Å². The zero-order valence-corrected chi connectivity index (χ0v) is 16.7. The van der Waals surface area contributed by atoms with Crippen LogP contribution in [0.2, 0.25) is 0 Å². The van der Waals surface area contributed by atoms with Crippen molar-refractivity contribution < 1.29 is 14.7 Å². The van der Waals surface area contributed by atoms with Crippen LogP contribution in [0.3, 0.4) is 0 Å². The van der Waals surface area contributed by atoms with Gasteiger partial charge in [-0.15, -0.1) is 0 Å². The van der Waals surface area contributed by atoms with E-state index >= 15 is 0 Å². The molecule has 1 aliphatic carbocycles. The Morgan fingerprint density at radius 2 is 1.61 bits per heavy atom. The summed E-state index contributed by atoms with van der Waals surface area (Å²) in [5, 5.41) is 10.0. The molecular formula is C24H29NO3. The Morgan fingerprint density at radius 1 is 1.00 bits per heavy atom. The van der Waals surface area contributed by atoms with Crippen molar-refractivity contribution in [3.05, 3.63) is 70.8 Å². The second kappa shape index (κ2) is 9.05. The third-order valence-electron chi connectivity index (χ3n) is 5.56. The average Bonchev–Trinajstić information content (AvgIpc) is 2.68. The van der Waals surface area contributed by atoms with E-state index in [1.807, 2.05) is 62.4 Å². The van der Waals surface area contributed by atoms with Crippen molar-refractivity contribution in [1.82, 2.24) is 4.90 Å². The standard InChI is InChI=1S/C24H29NO3/c1-17-13-18(2)15-20(14-17)23(26)25(21-11-7-4-8-12-21)22(24(27)28)16-19-9-5-3-6-10-19/h3,5-6,9-10,13-15,21-22H,4,7-8,11-12,16H2,1-2H3,(H,27,28)/t22-/m0/s1. The monoisotopic (exact) mass is 379 g/mol. The van der Waals surface area contributed by atoms with Gasteiger partial charge in [0.05, 0.1) is 0 Å². The number of hydrogen-bond acceptors (Lipinski definition) is 2. The highest BCUT2D eigenvalue weighted by Crippen LogP contribution is 2.28. The van der Waals surface area contributed by atoms with Gasteiger partial charge < -0.3 is 10.0 Å². The molecule has 4 nitrogen and oxygen atoms in total. The average molecular weight is 380 g/mol. The summed E-state index contributed by atoms with van der Waals surface area (Å²) in [5.74, 6) is -1.10. The molecule has 2 aromatic rings. The fraction of sp³-hybridized carbons (Fsp3) is 0.417. The molecule has 1 fully saturated rings. The lowest BCUT2D eigenvalue weighted by molar-refractivity contribution is -0.143. The predicted octanol–water partition coefficient (Wildman–Crippen LogP) is 4.77. The largest absolute Gasteiger partial charge is 0.480 e. The minimum Gasteiger partial charge on any atom is -0.480 e. The zero-order chi connectivity index (χ0) is 20.1. The minimum atomic E-state index is -0.938. The first-order valence-electron chi connectivity index (χ1n) is 10.1. The molecule has 0 spiro atoms. The number of carbonyl (C=O) groups excluding carboxylic acids is 1. The van der Waals surface area contributed by atoms with E-state index in [9.17, 15) is 14.7 Å². The molecule has 1 atom stereocenters. The molecule has 0 heterocycles. The Balaban J connectivity index is 1.98. The summed E-state index contributed by atoms with van der Waals surface area (Å²) >= 11 is 0. The van der Waals surface area contributed by atoms with Gasteiger partial charge in [0.25, 0.3) is 5.91 Å². The van der Waals surface area contributed by atoms with Crippen LogP contribution in [0, 0.1) is 13.8 Å². The summed E-state index contributed by atoms with van der Waals surface area (Å²) in [5.41, 5.74) is 3.55. The van der Waals surface area contributed by atoms with Gasteiger partial charge in [0, 0.05) is 18.0 Å². The number of carbonyl (C=O) groups is 2. The van der Waals surface area contributed by atoms with Crippen LogP contribution < -0.4 is 0 Å². The fourth-order valence-corrected chi connectivity index (χ4v) is 4.31. The van der Waals surface area contributed by atoms with Gasteiger partial charge in [-0.2, -0.15) is 0 Å². The highest BCUT2D eigenvalue weighted by atomic mass is 16.4. The van der Waals surface area contributed by atoms with Gasteiger partial charge in [0.15, 0.2) is 0 Å². The third kappa shape index (κ3) is 4.80. The number of carboxylic acids is 1. The smallest absolute Gasteiger partial charge is 0.326 e. The van der Waals surface area contributed by atoms with Crippen LogP contribution in [0.1, 0.15) is 59.2 Å². The van der Waals surface area contributed by atoms with E-state index in [1.54, 1.807) is 4.90 Å². The van der Waals surface area contributed by atoms with Crippen molar-refractivity contribution in [2.75, 3.05) is 0 Å². The van der Waals surface area contributed by atoms with E-state index < -0.39 is 12.0 Å². The van der Waals surface area contributed by atoms with Gasteiger partial charge in [-0.05, 0) is 44.4 Å². The van der Waals surface area contributed by atoms with Crippen molar-refractivity contribution in [3.63, 3.8) is 0 Å². The van der Waals surface area contributed by atoms with Crippen molar-refractivity contribution >= 4 is 11.9 Å². The number of nitrogens with zero attached hydrogens (tertiary/aromatic N) is 1. The summed E-state index contributed by atoms with van der Waals surface area (Å²) in [7, 11) is 0. The molecule has 1 N–H and O–H groups in total. The van der Waals surface area contributed by atoms with Crippen LogP contribution in [-0.4, -0.2) is 34.0 Å². The Morgan fingerprint density at radius 3 is 2.18 bits per heavy atom. The first-order chi connectivity index (χ1) is 13.5. The van der Waals surface area contributed by atoms with Gasteiger partial charge in [-0.25, -0.2) is 4.79 Å². The number of hydrogen-bond donors (Lipinski definition) is 1. The Hall–Kier alpha value is -2.62. The molecule has 0 unspecified atom stereocenters. The summed E-state index contributed by atoms with van der Waals surface area (Å²) < 4.78 is 0. The van der Waals surface area contributed by atoms with Crippen molar-refractivity contribution in [1.29, 1.82) is 0 Å². The highest BCUT2D eigenvalue weighted by molar-refractivity contribution is 5.97. The molecule has 0 saturated heterocycles. The van der Waals surface area contributed by atoms with Crippen LogP contribution in [0.25, 0.3) is 0 Å². The normalized spacial score (nSPS) is 15.8. The zero-order valence-electron chi connectivity index (χ0n) is 16.7. The number of aryl methyl sites for hydroxylation is 2. The van der Waals surface area contributed by atoms with Gasteiger partial charge in [0.2, 0.25) is 0 Å². The number of carboxylic acid groups (broad SMARTS) is 1. The number of amides is 1. The van der Waals surface area contributed by atoms with Crippen molar-refractivity contribution in [2.24, 2.45) is 0 Å². The molecule has 1 amide bonds. The molecule has 0 bridgehead atoms. The van der Waals surface area contributed by atoms with Crippen molar-refractivity contribution in [2.45, 2.75) is 64.5 Å². The quantitative estimate of drug-likeness (QED) is 0.786. The molecule has 1 aliphatic rings. The first-order valence-corrected chi connectivity index (χ1v) is 10.1. The van der Waals surface area contributed by atoms with Gasteiger partial charge in [-0.3, -0.25) is 4.79 Å². The molecule has 28 heavy (non-hydrogen) atoms. The van der Waals surface area contributed by atoms with E-state index in [0.717, 1.165) is 48.8 Å². The number of benzene rings is 2. The third-order valence-corrected chi connectivity index (χ3v) is 5.56. The molecule has 2 aromatic carbocycles. The summed E-state index contributed by atoms with van der Waals surface area (Å²) in [6, 6.07) is 14.5. The molecule has 4 heteroatoms. The second-order valence-corrected chi connectivity index (χ2v) is 7.92.